The second-order valence-corrected chi connectivity index (χ2v) is 4.14. The lowest BCUT2D eigenvalue weighted by Crippen LogP contribution is -2.19. The number of primary amides is 1. The van der Waals surface area contributed by atoms with Crippen LogP contribution < -0.4 is 5.73 Å². The molecule has 0 spiro atoms. The second-order valence-electron chi connectivity index (χ2n) is 3.73. The van der Waals surface area contributed by atoms with Crippen LogP contribution in [-0.4, -0.2) is 15.8 Å². The van der Waals surface area contributed by atoms with Gasteiger partial charge < -0.3 is 5.73 Å². The Labute approximate surface area is 108 Å². The van der Waals surface area contributed by atoms with Gasteiger partial charge in [0.15, 0.2) is 0 Å². The molecule has 0 bridgehead atoms. The van der Waals surface area contributed by atoms with Gasteiger partial charge in [-0.3, -0.25) is 0 Å². The van der Waals surface area contributed by atoms with Crippen LogP contribution >= 0.6 is 11.6 Å². The van der Waals surface area contributed by atoms with Gasteiger partial charge in [0, 0.05) is 12.6 Å². The van der Waals surface area contributed by atoms with Crippen molar-refractivity contribution in [3.05, 3.63) is 52.3 Å². The standard InChI is InChI=1S/C12H9ClN4O/c13-11-4-8(1-2-10(11)5-14)3-9-6-16-17(7-9)12(15)18/h1-2,4,6-7H,3H2,(H2,15,18). The number of nitrogens with zero attached hydrogens (tertiary/aromatic N) is 3. The van der Waals surface area contributed by atoms with E-state index >= 15 is 0 Å². The number of nitriles is 1. The molecule has 2 rings (SSSR count). The van der Waals surface area contributed by atoms with Crippen LogP contribution in [0.2, 0.25) is 5.02 Å². The van der Waals surface area contributed by atoms with Crippen LogP contribution in [0.4, 0.5) is 4.79 Å². The van der Waals surface area contributed by atoms with E-state index in [1.807, 2.05) is 12.1 Å². The maximum Gasteiger partial charge on any atom is 0.339 e. The summed E-state index contributed by atoms with van der Waals surface area (Å²) in [4.78, 5) is 10.9. The number of halogens is 1. The van der Waals surface area contributed by atoms with Crippen molar-refractivity contribution in [2.45, 2.75) is 6.42 Å². The van der Waals surface area contributed by atoms with Gasteiger partial charge in [0.2, 0.25) is 0 Å². The third kappa shape index (κ3) is 2.50. The minimum atomic E-state index is -0.626. The number of rotatable bonds is 2. The fraction of sp³-hybridized carbons (Fsp3) is 0.0833. The number of aromatic nitrogens is 2. The third-order valence-electron chi connectivity index (χ3n) is 2.42. The summed E-state index contributed by atoms with van der Waals surface area (Å²) in [5, 5.41) is 13.0. The lowest BCUT2D eigenvalue weighted by Gasteiger charge is -2.00. The van der Waals surface area contributed by atoms with Gasteiger partial charge in [-0.05, 0) is 23.3 Å². The first-order valence-electron chi connectivity index (χ1n) is 5.12. The number of carbonyl (C=O) groups is 1. The maximum atomic E-state index is 10.9. The molecule has 5 nitrogen and oxygen atoms in total. The minimum Gasteiger partial charge on any atom is -0.350 e. The Morgan fingerprint density at radius 1 is 1.50 bits per heavy atom. The van der Waals surface area contributed by atoms with Crippen molar-refractivity contribution in [1.29, 1.82) is 5.26 Å². The molecule has 90 valence electrons. The lowest BCUT2D eigenvalue weighted by atomic mass is 10.1. The highest BCUT2D eigenvalue weighted by molar-refractivity contribution is 6.31. The first-order valence-corrected chi connectivity index (χ1v) is 5.50. The largest absolute Gasteiger partial charge is 0.350 e. The van der Waals surface area contributed by atoms with E-state index in [-0.39, 0.29) is 0 Å². The zero-order valence-corrected chi connectivity index (χ0v) is 10.1. The molecule has 1 aromatic carbocycles. The van der Waals surface area contributed by atoms with Crippen LogP contribution in [0, 0.1) is 11.3 Å². The molecule has 0 aliphatic carbocycles. The maximum absolute atomic E-state index is 10.9. The van der Waals surface area contributed by atoms with Crippen molar-refractivity contribution in [2.24, 2.45) is 5.73 Å². The molecule has 0 saturated carbocycles. The molecule has 1 amide bonds. The van der Waals surface area contributed by atoms with Crippen molar-refractivity contribution in [3.8, 4) is 6.07 Å². The van der Waals surface area contributed by atoms with E-state index in [0.29, 0.717) is 17.0 Å². The van der Waals surface area contributed by atoms with Gasteiger partial charge in [0.1, 0.15) is 6.07 Å². The van der Waals surface area contributed by atoms with Gasteiger partial charge in [-0.15, -0.1) is 0 Å². The molecule has 0 aliphatic rings. The molecule has 2 N–H and O–H groups in total. The van der Waals surface area contributed by atoms with E-state index in [9.17, 15) is 4.79 Å². The summed E-state index contributed by atoms with van der Waals surface area (Å²) in [6.07, 6.45) is 3.70. The topological polar surface area (TPSA) is 84.7 Å². The summed E-state index contributed by atoms with van der Waals surface area (Å²) in [5.41, 5.74) is 7.30. The Morgan fingerprint density at radius 2 is 2.28 bits per heavy atom. The van der Waals surface area contributed by atoms with E-state index in [1.165, 1.54) is 0 Å². The van der Waals surface area contributed by atoms with Crippen molar-refractivity contribution >= 4 is 17.6 Å². The zero-order chi connectivity index (χ0) is 13.1. The molecule has 0 saturated heterocycles. The van der Waals surface area contributed by atoms with Gasteiger partial charge in [0.05, 0.1) is 16.8 Å². The van der Waals surface area contributed by atoms with Gasteiger partial charge in [-0.1, -0.05) is 17.7 Å². The fourth-order valence-electron chi connectivity index (χ4n) is 1.57. The number of benzene rings is 1. The number of hydrogen-bond acceptors (Lipinski definition) is 3. The molecule has 0 radical (unpaired) electrons. The minimum absolute atomic E-state index is 0.414. The average Bonchev–Trinajstić information content (AvgIpc) is 2.78. The lowest BCUT2D eigenvalue weighted by molar-refractivity contribution is 0.247. The molecule has 0 fully saturated rings. The van der Waals surface area contributed by atoms with Crippen molar-refractivity contribution < 1.29 is 4.79 Å². The second kappa shape index (κ2) is 4.90. The summed E-state index contributed by atoms with van der Waals surface area (Å²) in [6.45, 7) is 0. The van der Waals surface area contributed by atoms with E-state index in [2.05, 4.69) is 5.10 Å². The highest BCUT2D eigenvalue weighted by atomic mass is 35.5. The highest BCUT2D eigenvalue weighted by Crippen LogP contribution is 2.19. The summed E-state index contributed by atoms with van der Waals surface area (Å²) < 4.78 is 1.07. The Bertz CT molecular complexity index is 642. The monoisotopic (exact) mass is 260 g/mol. The van der Waals surface area contributed by atoms with Gasteiger partial charge >= 0.3 is 6.03 Å². The normalized spacial score (nSPS) is 10.0. The third-order valence-corrected chi connectivity index (χ3v) is 2.74. The Hall–Kier alpha value is -2.32. The zero-order valence-electron chi connectivity index (χ0n) is 9.30. The van der Waals surface area contributed by atoms with Gasteiger partial charge in [-0.2, -0.15) is 15.0 Å². The fourth-order valence-corrected chi connectivity index (χ4v) is 1.81. The number of amides is 1. The number of hydrogen-bond donors (Lipinski definition) is 1. The summed E-state index contributed by atoms with van der Waals surface area (Å²) >= 11 is 5.93. The Balaban J connectivity index is 2.21. The summed E-state index contributed by atoms with van der Waals surface area (Å²) in [6, 6.07) is 6.57. The molecular formula is C12H9ClN4O. The number of nitrogens with two attached hydrogens (primary N) is 1. The van der Waals surface area contributed by atoms with E-state index in [0.717, 1.165) is 15.8 Å². The van der Waals surface area contributed by atoms with Crippen molar-refractivity contribution in [2.75, 3.05) is 0 Å². The molecule has 1 heterocycles. The van der Waals surface area contributed by atoms with Crippen LogP contribution in [-0.2, 0) is 6.42 Å². The van der Waals surface area contributed by atoms with Crippen LogP contribution in [0.3, 0.4) is 0 Å². The molecule has 0 atom stereocenters. The molecule has 1 aromatic heterocycles. The van der Waals surface area contributed by atoms with Crippen LogP contribution in [0.25, 0.3) is 0 Å². The van der Waals surface area contributed by atoms with Crippen LogP contribution in [0.15, 0.2) is 30.6 Å². The van der Waals surface area contributed by atoms with E-state index < -0.39 is 6.03 Å². The average molecular weight is 261 g/mol. The van der Waals surface area contributed by atoms with E-state index in [1.54, 1.807) is 24.5 Å². The first kappa shape index (κ1) is 12.1. The van der Waals surface area contributed by atoms with Crippen molar-refractivity contribution in [3.63, 3.8) is 0 Å². The van der Waals surface area contributed by atoms with Gasteiger partial charge in [0.25, 0.3) is 0 Å². The van der Waals surface area contributed by atoms with Gasteiger partial charge in [-0.25, -0.2) is 4.79 Å². The van der Waals surface area contributed by atoms with E-state index in [4.69, 9.17) is 22.6 Å². The SMILES string of the molecule is N#Cc1ccc(Cc2cnn(C(N)=O)c2)cc1Cl. The first-order chi connectivity index (χ1) is 8.60. The number of carbonyl (C=O) groups excluding carboxylic acids is 1. The Kier molecular flexibility index (Phi) is 3.31. The molecule has 6 heteroatoms. The van der Waals surface area contributed by atoms with Crippen molar-refractivity contribution in [1.82, 2.24) is 9.78 Å². The Morgan fingerprint density at radius 3 is 2.83 bits per heavy atom. The molecule has 0 unspecified atom stereocenters. The van der Waals surface area contributed by atoms with Crippen LogP contribution in [0.5, 0.6) is 0 Å². The molecule has 18 heavy (non-hydrogen) atoms. The predicted molar refractivity (Wildman–Crippen MR) is 66.2 cm³/mol. The molecule has 0 aliphatic heterocycles. The quantitative estimate of drug-likeness (QED) is 0.895. The molecular weight excluding hydrogens is 252 g/mol. The predicted octanol–water partition coefficient (Wildman–Crippen LogP) is 1.93. The smallest absolute Gasteiger partial charge is 0.339 e. The summed E-state index contributed by atoms with van der Waals surface area (Å²) in [7, 11) is 0. The summed E-state index contributed by atoms with van der Waals surface area (Å²) in [5.74, 6) is 0. The molecule has 2 aromatic rings. The highest BCUT2D eigenvalue weighted by Gasteiger charge is 2.05. The van der Waals surface area contributed by atoms with Crippen LogP contribution in [0.1, 0.15) is 16.7 Å².